The first-order valence-corrected chi connectivity index (χ1v) is 6.42. The summed E-state index contributed by atoms with van der Waals surface area (Å²) in [7, 11) is 4.03. The van der Waals surface area contributed by atoms with E-state index >= 15 is 0 Å². The number of hydrogen-bond acceptors (Lipinski definition) is 5. The summed E-state index contributed by atoms with van der Waals surface area (Å²) in [5, 5.41) is 10.5. The Kier molecular flexibility index (Phi) is 3.47. The number of aliphatic hydroxyl groups is 1. The largest absolute Gasteiger partial charge is 0.392 e. The second kappa shape index (κ2) is 4.69. The van der Waals surface area contributed by atoms with Crippen molar-refractivity contribution in [2.75, 3.05) is 32.1 Å². The average Bonchev–Trinajstić information content (AvgIpc) is 2.75. The highest BCUT2D eigenvalue weighted by Crippen LogP contribution is 2.26. The molecule has 1 atom stereocenters. The van der Waals surface area contributed by atoms with Gasteiger partial charge in [-0.05, 0) is 13.3 Å². The van der Waals surface area contributed by atoms with E-state index in [2.05, 4.69) is 16.8 Å². The second-order valence-corrected chi connectivity index (χ2v) is 5.64. The van der Waals surface area contributed by atoms with E-state index in [0.717, 1.165) is 36.9 Å². The van der Waals surface area contributed by atoms with Crippen LogP contribution in [0.2, 0.25) is 0 Å². The summed E-state index contributed by atoms with van der Waals surface area (Å²) < 4.78 is 0. The van der Waals surface area contributed by atoms with Gasteiger partial charge in [-0.1, -0.05) is 0 Å². The van der Waals surface area contributed by atoms with E-state index in [1.54, 1.807) is 11.3 Å². The van der Waals surface area contributed by atoms with E-state index in [1.165, 1.54) is 4.88 Å². The molecule has 4 nitrogen and oxygen atoms in total. The van der Waals surface area contributed by atoms with Crippen molar-refractivity contribution >= 4 is 16.5 Å². The van der Waals surface area contributed by atoms with Crippen molar-refractivity contribution < 1.29 is 5.11 Å². The minimum Gasteiger partial charge on any atom is -0.392 e. The number of thiazole rings is 1. The summed E-state index contributed by atoms with van der Waals surface area (Å²) in [6.07, 6.45) is 0.764. The maximum Gasteiger partial charge on any atom is 0.185 e. The molecule has 1 saturated heterocycles. The van der Waals surface area contributed by atoms with Gasteiger partial charge in [0.2, 0.25) is 0 Å². The first-order chi connectivity index (χ1) is 7.56. The standard InChI is InChI=1S/C11H19N3OS/c1-8-10(16-11(12-8)13(2)3)7-14-5-4-9(15)6-14/h9,15H,4-7H2,1-3H3/t9-/m1/s1. The van der Waals surface area contributed by atoms with Crippen LogP contribution < -0.4 is 4.90 Å². The first-order valence-electron chi connectivity index (χ1n) is 5.60. The van der Waals surface area contributed by atoms with E-state index < -0.39 is 0 Å². The van der Waals surface area contributed by atoms with Crippen LogP contribution >= 0.6 is 11.3 Å². The van der Waals surface area contributed by atoms with Crippen molar-refractivity contribution in [1.29, 1.82) is 0 Å². The molecule has 0 aromatic carbocycles. The smallest absolute Gasteiger partial charge is 0.185 e. The Bertz CT molecular complexity index is 364. The minimum atomic E-state index is -0.137. The Morgan fingerprint density at radius 1 is 1.56 bits per heavy atom. The molecule has 5 heteroatoms. The van der Waals surface area contributed by atoms with Gasteiger partial charge in [0.1, 0.15) is 0 Å². The van der Waals surface area contributed by atoms with E-state index in [4.69, 9.17) is 0 Å². The Morgan fingerprint density at radius 2 is 2.31 bits per heavy atom. The Hall–Kier alpha value is -0.650. The van der Waals surface area contributed by atoms with Crippen molar-refractivity contribution in [3.8, 4) is 0 Å². The van der Waals surface area contributed by atoms with Gasteiger partial charge in [0.25, 0.3) is 0 Å². The Labute approximate surface area is 101 Å². The summed E-state index contributed by atoms with van der Waals surface area (Å²) in [6.45, 7) is 4.78. The zero-order valence-electron chi connectivity index (χ0n) is 10.1. The number of nitrogens with zero attached hydrogens (tertiary/aromatic N) is 3. The average molecular weight is 241 g/mol. The zero-order chi connectivity index (χ0) is 11.7. The fourth-order valence-electron chi connectivity index (χ4n) is 1.91. The number of rotatable bonds is 3. The van der Waals surface area contributed by atoms with Crippen LogP contribution in [0.15, 0.2) is 0 Å². The highest BCUT2D eigenvalue weighted by molar-refractivity contribution is 7.15. The summed E-state index contributed by atoms with van der Waals surface area (Å²) in [6, 6.07) is 0. The molecule has 1 aromatic heterocycles. The van der Waals surface area contributed by atoms with Crippen molar-refractivity contribution in [2.24, 2.45) is 0 Å². The molecule has 2 heterocycles. The highest BCUT2D eigenvalue weighted by atomic mass is 32.1. The summed E-state index contributed by atoms with van der Waals surface area (Å²) >= 11 is 1.75. The van der Waals surface area contributed by atoms with Crippen LogP contribution in [0, 0.1) is 6.92 Å². The van der Waals surface area contributed by atoms with Gasteiger partial charge >= 0.3 is 0 Å². The molecule has 0 radical (unpaired) electrons. The molecule has 90 valence electrons. The van der Waals surface area contributed by atoms with Crippen LogP contribution in [0.1, 0.15) is 17.0 Å². The molecule has 1 aliphatic rings. The SMILES string of the molecule is Cc1nc(N(C)C)sc1CN1CC[C@@H](O)C1. The number of hydrogen-bond donors (Lipinski definition) is 1. The zero-order valence-corrected chi connectivity index (χ0v) is 10.9. The van der Waals surface area contributed by atoms with Crippen molar-refractivity contribution in [3.63, 3.8) is 0 Å². The van der Waals surface area contributed by atoms with Gasteiger partial charge in [-0.25, -0.2) is 4.98 Å². The number of anilines is 1. The molecule has 0 bridgehead atoms. The third-order valence-corrected chi connectivity index (χ3v) is 4.19. The predicted molar refractivity (Wildman–Crippen MR) is 67.1 cm³/mol. The molecule has 2 rings (SSSR count). The second-order valence-electron chi connectivity index (χ2n) is 4.58. The fourth-order valence-corrected chi connectivity index (χ4v) is 2.94. The van der Waals surface area contributed by atoms with Gasteiger partial charge in [0.15, 0.2) is 5.13 Å². The molecule has 0 aliphatic carbocycles. The number of β-amino-alcohol motifs (C(OH)–C–C–N with tert-alkyl or cyclic N) is 1. The third kappa shape index (κ3) is 2.53. The number of likely N-dealkylation sites (tertiary alicyclic amines) is 1. The maximum atomic E-state index is 9.48. The molecule has 0 amide bonds. The highest BCUT2D eigenvalue weighted by Gasteiger charge is 2.21. The number of aromatic nitrogens is 1. The van der Waals surface area contributed by atoms with Crippen LogP contribution in [-0.2, 0) is 6.54 Å². The normalized spacial score (nSPS) is 21.6. The lowest BCUT2D eigenvalue weighted by Gasteiger charge is -2.13. The van der Waals surface area contributed by atoms with Crippen LogP contribution in [0.5, 0.6) is 0 Å². The van der Waals surface area contributed by atoms with Crippen LogP contribution in [0.4, 0.5) is 5.13 Å². The fraction of sp³-hybridized carbons (Fsp3) is 0.727. The van der Waals surface area contributed by atoms with E-state index in [9.17, 15) is 5.11 Å². The lowest BCUT2D eigenvalue weighted by molar-refractivity contribution is 0.175. The molecule has 0 saturated carbocycles. The summed E-state index contributed by atoms with van der Waals surface area (Å²) in [5.74, 6) is 0. The summed E-state index contributed by atoms with van der Waals surface area (Å²) in [4.78, 5) is 10.2. The summed E-state index contributed by atoms with van der Waals surface area (Å²) in [5.41, 5.74) is 1.12. The molecular weight excluding hydrogens is 222 g/mol. The maximum absolute atomic E-state index is 9.48. The van der Waals surface area contributed by atoms with Crippen LogP contribution in [0.25, 0.3) is 0 Å². The van der Waals surface area contributed by atoms with E-state index in [0.29, 0.717) is 0 Å². The van der Waals surface area contributed by atoms with Crippen molar-refractivity contribution in [3.05, 3.63) is 10.6 Å². The topological polar surface area (TPSA) is 39.6 Å². The lowest BCUT2D eigenvalue weighted by atomic mass is 10.3. The molecule has 1 fully saturated rings. The van der Waals surface area contributed by atoms with E-state index in [1.807, 2.05) is 19.0 Å². The Morgan fingerprint density at radius 3 is 2.81 bits per heavy atom. The van der Waals surface area contributed by atoms with Crippen LogP contribution in [-0.4, -0.2) is 48.3 Å². The molecule has 1 aromatic rings. The molecule has 0 unspecified atom stereocenters. The van der Waals surface area contributed by atoms with Crippen molar-refractivity contribution in [1.82, 2.24) is 9.88 Å². The molecule has 0 spiro atoms. The molecule has 1 N–H and O–H groups in total. The predicted octanol–water partition coefficient (Wildman–Crippen LogP) is 1.08. The van der Waals surface area contributed by atoms with Gasteiger partial charge in [0.05, 0.1) is 11.8 Å². The number of aryl methyl sites for hydroxylation is 1. The molecule has 1 aliphatic heterocycles. The van der Waals surface area contributed by atoms with Gasteiger partial charge < -0.3 is 10.0 Å². The van der Waals surface area contributed by atoms with Gasteiger partial charge in [0, 0.05) is 38.6 Å². The number of aliphatic hydroxyl groups excluding tert-OH is 1. The molecular formula is C11H19N3OS. The van der Waals surface area contributed by atoms with E-state index in [-0.39, 0.29) is 6.10 Å². The Balaban J connectivity index is 2.04. The van der Waals surface area contributed by atoms with Crippen molar-refractivity contribution in [2.45, 2.75) is 26.0 Å². The monoisotopic (exact) mass is 241 g/mol. The lowest BCUT2D eigenvalue weighted by Crippen LogP contribution is -2.21. The van der Waals surface area contributed by atoms with Gasteiger partial charge in [-0.2, -0.15) is 0 Å². The third-order valence-electron chi connectivity index (χ3n) is 2.88. The van der Waals surface area contributed by atoms with Crippen LogP contribution in [0.3, 0.4) is 0 Å². The molecule has 16 heavy (non-hydrogen) atoms. The quantitative estimate of drug-likeness (QED) is 0.860. The first kappa shape index (κ1) is 11.8. The van der Waals surface area contributed by atoms with Gasteiger partial charge in [-0.15, -0.1) is 11.3 Å². The minimum absolute atomic E-state index is 0.137. The van der Waals surface area contributed by atoms with Gasteiger partial charge in [-0.3, -0.25) is 4.90 Å².